The molecule has 0 bridgehead atoms. The van der Waals surface area contributed by atoms with E-state index < -0.39 is 10.0 Å². The Hall–Kier alpha value is -0.590. The maximum atomic E-state index is 12.2. The van der Waals surface area contributed by atoms with Crippen LogP contribution in [0.5, 0.6) is 0 Å². The molecule has 0 aliphatic carbocycles. The van der Waals surface area contributed by atoms with E-state index in [1.54, 1.807) is 12.1 Å². The minimum atomic E-state index is -3.52. The zero-order valence-corrected chi connectivity index (χ0v) is 13.0. The molecule has 18 heavy (non-hydrogen) atoms. The maximum Gasteiger partial charge on any atom is 0.242 e. The first-order valence-corrected chi connectivity index (χ1v) is 8.21. The van der Waals surface area contributed by atoms with Gasteiger partial charge in [-0.15, -0.1) is 0 Å². The van der Waals surface area contributed by atoms with Crippen LogP contribution >= 0.6 is 15.9 Å². The van der Waals surface area contributed by atoms with Crippen LogP contribution in [-0.4, -0.2) is 14.5 Å². The molecule has 0 aliphatic heterocycles. The summed E-state index contributed by atoms with van der Waals surface area (Å²) in [5, 5.41) is 0. The topological polar surface area (TPSA) is 72.2 Å². The van der Waals surface area contributed by atoms with E-state index in [9.17, 15) is 8.42 Å². The molecular weight excluding hydrogens is 316 g/mol. The minimum absolute atomic E-state index is 0.0803. The van der Waals surface area contributed by atoms with Gasteiger partial charge >= 0.3 is 0 Å². The standard InChI is InChI=1S/C12H19BrN2O2S/c1-3-4-5-9(2)15-18(16,17)12-8-10(14)6-7-11(12)13/h6-9,15H,3-5,14H2,1-2H3. The third kappa shape index (κ3) is 4.26. The number of nitrogens with one attached hydrogen (secondary N) is 1. The number of sulfonamides is 1. The zero-order chi connectivity index (χ0) is 13.8. The van der Waals surface area contributed by atoms with Crippen molar-refractivity contribution in [1.82, 2.24) is 4.72 Å². The van der Waals surface area contributed by atoms with E-state index in [1.807, 2.05) is 6.92 Å². The summed E-state index contributed by atoms with van der Waals surface area (Å²) in [7, 11) is -3.52. The van der Waals surface area contributed by atoms with Crippen LogP contribution in [0.1, 0.15) is 33.1 Å². The van der Waals surface area contributed by atoms with Gasteiger partial charge in [0.05, 0.1) is 4.90 Å². The van der Waals surface area contributed by atoms with Crippen LogP contribution < -0.4 is 10.5 Å². The molecule has 1 atom stereocenters. The molecule has 0 aromatic heterocycles. The molecule has 4 nitrogen and oxygen atoms in total. The van der Waals surface area contributed by atoms with Gasteiger partial charge in [-0.2, -0.15) is 0 Å². The van der Waals surface area contributed by atoms with Gasteiger partial charge in [-0.1, -0.05) is 19.8 Å². The molecule has 1 rings (SSSR count). The Balaban J connectivity index is 2.89. The third-order valence-electron chi connectivity index (χ3n) is 2.59. The van der Waals surface area contributed by atoms with Crippen molar-refractivity contribution in [3.63, 3.8) is 0 Å². The van der Waals surface area contributed by atoms with Crippen molar-refractivity contribution in [2.24, 2.45) is 0 Å². The van der Waals surface area contributed by atoms with Gasteiger partial charge in [0.1, 0.15) is 0 Å². The normalized spacial score (nSPS) is 13.5. The van der Waals surface area contributed by atoms with Crippen LogP contribution in [0.25, 0.3) is 0 Å². The number of hydrogen-bond acceptors (Lipinski definition) is 3. The fourth-order valence-electron chi connectivity index (χ4n) is 1.62. The number of unbranched alkanes of at least 4 members (excludes halogenated alkanes) is 1. The number of benzene rings is 1. The molecule has 1 unspecified atom stereocenters. The molecule has 6 heteroatoms. The highest BCUT2D eigenvalue weighted by molar-refractivity contribution is 9.10. The molecule has 0 fully saturated rings. The van der Waals surface area contributed by atoms with Gasteiger partial charge in [0, 0.05) is 16.2 Å². The highest BCUT2D eigenvalue weighted by atomic mass is 79.9. The van der Waals surface area contributed by atoms with Gasteiger partial charge in [-0.3, -0.25) is 0 Å². The van der Waals surface area contributed by atoms with Crippen LogP contribution in [0.15, 0.2) is 27.6 Å². The molecule has 0 radical (unpaired) electrons. The van der Waals surface area contributed by atoms with Crippen molar-refractivity contribution >= 4 is 31.6 Å². The lowest BCUT2D eigenvalue weighted by Gasteiger charge is -2.15. The van der Waals surface area contributed by atoms with Crippen molar-refractivity contribution in [3.8, 4) is 0 Å². The summed E-state index contributed by atoms with van der Waals surface area (Å²) in [6.07, 6.45) is 2.88. The summed E-state index contributed by atoms with van der Waals surface area (Å²) in [5.41, 5.74) is 6.05. The summed E-state index contributed by atoms with van der Waals surface area (Å²) in [6, 6.07) is 4.67. The number of rotatable bonds is 6. The average Bonchev–Trinajstić information content (AvgIpc) is 2.29. The van der Waals surface area contributed by atoms with Crippen LogP contribution in [0.3, 0.4) is 0 Å². The number of nitrogen functional groups attached to an aromatic ring is 1. The molecule has 1 aromatic carbocycles. The first kappa shape index (κ1) is 15.5. The lowest BCUT2D eigenvalue weighted by molar-refractivity contribution is 0.534. The predicted molar refractivity (Wildman–Crippen MR) is 77.9 cm³/mol. The van der Waals surface area contributed by atoms with Crippen LogP contribution in [0.2, 0.25) is 0 Å². The largest absolute Gasteiger partial charge is 0.399 e. The summed E-state index contributed by atoms with van der Waals surface area (Å²) in [4.78, 5) is 0.186. The number of hydrogen-bond donors (Lipinski definition) is 2. The smallest absolute Gasteiger partial charge is 0.242 e. The monoisotopic (exact) mass is 334 g/mol. The van der Waals surface area contributed by atoms with Gasteiger partial charge < -0.3 is 5.73 Å². The number of anilines is 1. The van der Waals surface area contributed by atoms with Crippen LogP contribution in [-0.2, 0) is 10.0 Å². The highest BCUT2D eigenvalue weighted by Gasteiger charge is 2.20. The second kappa shape index (κ2) is 6.54. The van der Waals surface area contributed by atoms with Crippen LogP contribution in [0.4, 0.5) is 5.69 Å². The number of halogens is 1. The summed E-state index contributed by atoms with van der Waals surface area (Å²) >= 11 is 3.23. The second-order valence-corrected chi connectivity index (χ2v) is 6.89. The highest BCUT2D eigenvalue weighted by Crippen LogP contribution is 2.24. The van der Waals surface area contributed by atoms with E-state index in [1.165, 1.54) is 6.07 Å². The number of nitrogens with two attached hydrogens (primary N) is 1. The predicted octanol–water partition coefficient (Wildman–Crippen LogP) is 2.89. The van der Waals surface area contributed by atoms with Crippen LogP contribution in [0, 0.1) is 0 Å². The zero-order valence-electron chi connectivity index (χ0n) is 10.6. The molecule has 0 saturated heterocycles. The van der Waals surface area contributed by atoms with Crippen molar-refractivity contribution in [2.45, 2.75) is 44.0 Å². The van der Waals surface area contributed by atoms with E-state index >= 15 is 0 Å². The van der Waals surface area contributed by atoms with E-state index in [2.05, 4.69) is 27.6 Å². The quantitative estimate of drug-likeness (QED) is 0.785. The Morgan fingerprint density at radius 2 is 2.11 bits per heavy atom. The lowest BCUT2D eigenvalue weighted by Crippen LogP contribution is -2.32. The first-order valence-electron chi connectivity index (χ1n) is 5.94. The average molecular weight is 335 g/mol. The maximum absolute atomic E-state index is 12.2. The lowest BCUT2D eigenvalue weighted by atomic mass is 10.2. The van der Waals surface area contributed by atoms with E-state index in [-0.39, 0.29) is 10.9 Å². The van der Waals surface area contributed by atoms with Crippen molar-refractivity contribution in [2.75, 3.05) is 5.73 Å². The molecule has 3 N–H and O–H groups in total. The Kier molecular flexibility index (Phi) is 5.62. The summed E-state index contributed by atoms with van der Waals surface area (Å²) in [6.45, 7) is 3.95. The van der Waals surface area contributed by atoms with Gasteiger partial charge in [0.25, 0.3) is 0 Å². The molecule has 0 spiro atoms. The molecule has 0 aliphatic rings. The molecule has 1 aromatic rings. The third-order valence-corrected chi connectivity index (χ3v) is 5.18. The molecule has 0 saturated carbocycles. The molecular formula is C12H19BrN2O2S. The van der Waals surface area contributed by atoms with Gasteiger partial charge in [0.15, 0.2) is 0 Å². The molecule has 0 amide bonds. The molecule has 0 heterocycles. The summed E-state index contributed by atoms with van der Waals surface area (Å²) in [5.74, 6) is 0. The minimum Gasteiger partial charge on any atom is -0.399 e. The fourth-order valence-corrected chi connectivity index (χ4v) is 3.90. The Morgan fingerprint density at radius 1 is 1.44 bits per heavy atom. The first-order chi connectivity index (χ1) is 8.36. The van der Waals surface area contributed by atoms with Crippen molar-refractivity contribution in [1.29, 1.82) is 0 Å². The molecule has 102 valence electrons. The summed E-state index contributed by atoms with van der Waals surface area (Å²) < 4.78 is 27.5. The van der Waals surface area contributed by atoms with Gasteiger partial charge in [0.2, 0.25) is 10.0 Å². The Morgan fingerprint density at radius 3 is 2.72 bits per heavy atom. The SMILES string of the molecule is CCCCC(C)NS(=O)(=O)c1cc(N)ccc1Br. The fraction of sp³-hybridized carbons (Fsp3) is 0.500. The van der Waals surface area contributed by atoms with E-state index in [0.29, 0.717) is 10.2 Å². The second-order valence-electron chi connectivity index (χ2n) is 4.35. The van der Waals surface area contributed by atoms with Gasteiger partial charge in [-0.25, -0.2) is 13.1 Å². The van der Waals surface area contributed by atoms with Crippen molar-refractivity contribution in [3.05, 3.63) is 22.7 Å². The van der Waals surface area contributed by atoms with E-state index in [0.717, 1.165) is 19.3 Å². The van der Waals surface area contributed by atoms with Crippen molar-refractivity contribution < 1.29 is 8.42 Å². The van der Waals surface area contributed by atoms with E-state index in [4.69, 9.17) is 5.73 Å². The Labute approximate surface area is 117 Å². The van der Waals surface area contributed by atoms with Gasteiger partial charge in [-0.05, 0) is 47.5 Å². The Bertz CT molecular complexity index is 503.